The van der Waals surface area contributed by atoms with Crippen LogP contribution in [0.15, 0.2) is 51.9 Å². The first-order chi connectivity index (χ1) is 10.9. The van der Waals surface area contributed by atoms with Gasteiger partial charge in [0.2, 0.25) is 0 Å². The van der Waals surface area contributed by atoms with Crippen LogP contribution in [0.5, 0.6) is 0 Å². The number of nitrogen functional groups attached to an aromatic ring is 1. The van der Waals surface area contributed by atoms with Crippen molar-refractivity contribution < 1.29 is 12.8 Å². The largest absolute Gasteiger partial charge is 0.424 e. The molecule has 1 aromatic carbocycles. The van der Waals surface area contributed by atoms with E-state index in [-0.39, 0.29) is 10.9 Å². The summed E-state index contributed by atoms with van der Waals surface area (Å²) in [7, 11) is -3.81. The monoisotopic (exact) mass is 348 g/mol. The van der Waals surface area contributed by atoms with Gasteiger partial charge in [-0.2, -0.15) is 4.98 Å². The summed E-state index contributed by atoms with van der Waals surface area (Å²) in [4.78, 5) is 8.10. The number of hydrogen-bond acceptors (Lipinski definition) is 6. The topological polar surface area (TPSA) is 104 Å². The fourth-order valence-electron chi connectivity index (χ4n) is 2.38. The van der Waals surface area contributed by atoms with Gasteiger partial charge in [-0.25, -0.2) is 17.4 Å². The molecule has 0 radical (unpaired) electrons. The Morgan fingerprint density at radius 1 is 1.09 bits per heavy atom. The van der Waals surface area contributed by atoms with Crippen LogP contribution >= 0.6 is 11.6 Å². The second kappa shape index (κ2) is 4.71. The molecule has 3 aromatic heterocycles. The Morgan fingerprint density at radius 3 is 2.74 bits per heavy atom. The summed E-state index contributed by atoms with van der Waals surface area (Å²) in [6.45, 7) is 0. The molecule has 7 nitrogen and oxygen atoms in total. The van der Waals surface area contributed by atoms with Crippen LogP contribution in [-0.4, -0.2) is 22.4 Å². The lowest BCUT2D eigenvalue weighted by Crippen LogP contribution is -2.11. The highest BCUT2D eigenvalue weighted by Crippen LogP contribution is 2.25. The number of halogens is 1. The van der Waals surface area contributed by atoms with Gasteiger partial charge in [-0.15, -0.1) is 0 Å². The van der Waals surface area contributed by atoms with Crippen molar-refractivity contribution >= 4 is 49.8 Å². The average molecular weight is 349 g/mol. The van der Waals surface area contributed by atoms with Crippen molar-refractivity contribution in [3.05, 3.63) is 47.7 Å². The molecule has 0 atom stereocenters. The molecule has 0 aliphatic heterocycles. The Labute approximate surface area is 135 Å². The number of nitrogens with zero attached hydrogens (tertiary/aromatic N) is 3. The summed E-state index contributed by atoms with van der Waals surface area (Å²) in [5.74, 6) is 0. The lowest BCUT2D eigenvalue weighted by atomic mass is 10.3. The van der Waals surface area contributed by atoms with Crippen LogP contribution in [0, 0.1) is 0 Å². The van der Waals surface area contributed by atoms with E-state index in [1.54, 1.807) is 18.2 Å². The Kier molecular flexibility index (Phi) is 2.87. The van der Waals surface area contributed by atoms with Gasteiger partial charge in [0.15, 0.2) is 5.58 Å². The zero-order valence-corrected chi connectivity index (χ0v) is 13.0. The first kappa shape index (κ1) is 14.0. The van der Waals surface area contributed by atoms with E-state index in [4.69, 9.17) is 21.8 Å². The number of anilines is 1. The van der Waals surface area contributed by atoms with Crippen molar-refractivity contribution in [2.45, 2.75) is 4.90 Å². The van der Waals surface area contributed by atoms with Crippen molar-refractivity contribution in [3.8, 4) is 0 Å². The lowest BCUT2D eigenvalue weighted by molar-refractivity contribution is 0.588. The minimum Gasteiger partial charge on any atom is -0.424 e. The van der Waals surface area contributed by atoms with Gasteiger partial charge in [0, 0.05) is 12.3 Å². The van der Waals surface area contributed by atoms with Crippen molar-refractivity contribution in [1.82, 2.24) is 13.9 Å². The van der Waals surface area contributed by atoms with E-state index in [1.807, 2.05) is 0 Å². The highest BCUT2D eigenvalue weighted by molar-refractivity contribution is 7.90. The third-order valence-electron chi connectivity index (χ3n) is 3.41. The van der Waals surface area contributed by atoms with E-state index in [0.717, 1.165) is 3.97 Å². The smallest absolute Gasteiger partial charge is 0.292 e. The van der Waals surface area contributed by atoms with Crippen LogP contribution in [0.3, 0.4) is 0 Å². The molecule has 0 aliphatic rings. The first-order valence-corrected chi connectivity index (χ1v) is 8.32. The van der Waals surface area contributed by atoms with E-state index in [2.05, 4.69) is 9.97 Å². The molecule has 0 unspecified atom stereocenters. The molecule has 0 saturated carbocycles. The Bertz CT molecular complexity index is 1160. The van der Waals surface area contributed by atoms with E-state index in [9.17, 15) is 8.42 Å². The van der Waals surface area contributed by atoms with Crippen LogP contribution in [0.4, 0.5) is 6.01 Å². The van der Waals surface area contributed by atoms with Gasteiger partial charge in [-0.05, 0) is 30.3 Å². The van der Waals surface area contributed by atoms with Gasteiger partial charge in [-0.3, -0.25) is 0 Å². The molecule has 4 aromatic rings. The molecule has 23 heavy (non-hydrogen) atoms. The molecule has 116 valence electrons. The molecular weight excluding hydrogens is 340 g/mol. The Hall–Kier alpha value is -2.58. The standard InChI is InChI=1S/C14H9ClN4O3S/c15-13-4-3-11-9(17-13)5-6-19(11)23(20,21)8-1-2-10-12(7-8)22-14(16)18-10/h1-7H,(H2,16,18). The zero-order chi connectivity index (χ0) is 16.2. The summed E-state index contributed by atoms with van der Waals surface area (Å²) in [5, 5.41) is 0.297. The third kappa shape index (κ3) is 2.14. The summed E-state index contributed by atoms with van der Waals surface area (Å²) in [5.41, 5.74) is 7.21. The quantitative estimate of drug-likeness (QED) is 0.558. The molecule has 0 aliphatic carbocycles. The van der Waals surface area contributed by atoms with E-state index < -0.39 is 10.0 Å². The third-order valence-corrected chi connectivity index (χ3v) is 5.30. The van der Waals surface area contributed by atoms with E-state index in [1.165, 1.54) is 24.4 Å². The molecule has 0 bridgehead atoms. The summed E-state index contributed by atoms with van der Waals surface area (Å²) in [6.07, 6.45) is 1.43. The summed E-state index contributed by atoms with van der Waals surface area (Å²) in [6, 6.07) is 9.11. The number of nitrogens with two attached hydrogens (primary N) is 1. The fraction of sp³-hybridized carbons (Fsp3) is 0. The average Bonchev–Trinajstić information content (AvgIpc) is 3.08. The number of fused-ring (bicyclic) bond motifs is 2. The first-order valence-electron chi connectivity index (χ1n) is 6.50. The number of hydrogen-bond donors (Lipinski definition) is 1. The zero-order valence-electron chi connectivity index (χ0n) is 11.5. The van der Waals surface area contributed by atoms with E-state index in [0.29, 0.717) is 27.3 Å². The van der Waals surface area contributed by atoms with Crippen LogP contribution in [0.2, 0.25) is 5.15 Å². The summed E-state index contributed by atoms with van der Waals surface area (Å²) < 4.78 is 32.0. The maximum atomic E-state index is 12.9. The van der Waals surface area contributed by atoms with Gasteiger partial charge in [0.05, 0.1) is 15.9 Å². The maximum Gasteiger partial charge on any atom is 0.292 e. The Morgan fingerprint density at radius 2 is 1.91 bits per heavy atom. The molecule has 9 heteroatoms. The molecule has 4 rings (SSSR count). The van der Waals surface area contributed by atoms with Gasteiger partial charge in [0.1, 0.15) is 10.7 Å². The number of pyridine rings is 1. The van der Waals surface area contributed by atoms with Crippen LogP contribution in [-0.2, 0) is 10.0 Å². The van der Waals surface area contributed by atoms with Gasteiger partial charge in [0.25, 0.3) is 16.0 Å². The predicted molar refractivity (Wildman–Crippen MR) is 85.7 cm³/mol. The number of rotatable bonds is 2. The number of benzene rings is 1. The van der Waals surface area contributed by atoms with Crippen LogP contribution in [0.25, 0.3) is 22.1 Å². The fourth-order valence-corrected chi connectivity index (χ4v) is 3.89. The second-order valence-electron chi connectivity index (χ2n) is 4.84. The molecule has 0 amide bonds. The number of aromatic nitrogens is 3. The molecular formula is C14H9ClN4O3S. The molecule has 0 fully saturated rings. The lowest BCUT2D eigenvalue weighted by Gasteiger charge is -2.07. The van der Waals surface area contributed by atoms with E-state index >= 15 is 0 Å². The molecule has 2 N–H and O–H groups in total. The minimum atomic E-state index is -3.81. The molecule has 0 saturated heterocycles. The predicted octanol–water partition coefficient (Wildman–Crippen LogP) is 2.65. The normalized spacial score (nSPS) is 12.2. The van der Waals surface area contributed by atoms with Crippen molar-refractivity contribution in [3.63, 3.8) is 0 Å². The van der Waals surface area contributed by atoms with Crippen LogP contribution in [0.1, 0.15) is 0 Å². The van der Waals surface area contributed by atoms with Gasteiger partial charge in [-0.1, -0.05) is 11.6 Å². The van der Waals surface area contributed by atoms with Crippen molar-refractivity contribution in [2.24, 2.45) is 0 Å². The SMILES string of the molecule is Nc1nc2ccc(S(=O)(=O)n3ccc4nc(Cl)ccc43)cc2o1. The molecule has 0 spiro atoms. The minimum absolute atomic E-state index is 0.0141. The van der Waals surface area contributed by atoms with Gasteiger partial charge < -0.3 is 10.2 Å². The summed E-state index contributed by atoms with van der Waals surface area (Å²) >= 11 is 5.83. The highest BCUT2D eigenvalue weighted by Gasteiger charge is 2.20. The van der Waals surface area contributed by atoms with Crippen LogP contribution < -0.4 is 5.73 Å². The maximum absolute atomic E-state index is 12.9. The Balaban J connectivity index is 1.93. The van der Waals surface area contributed by atoms with Crippen molar-refractivity contribution in [1.29, 1.82) is 0 Å². The number of oxazole rings is 1. The van der Waals surface area contributed by atoms with Crippen molar-refractivity contribution in [2.75, 3.05) is 5.73 Å². The highest BCUT2D eigenvalue weighted by atomic mass is 35.5. The van der Waals surface area contributed by atoms with Gasteiger partial charge >= 0.3 is 0 Å². The second-order valence-corrected chi connectivity index (χ2v) is 7.04. The molecule has 3 heterocycles.